The number of aliphatic carboxylic acids is 1. The Hall–Kier alpha value is -2.77. The second-order valence-corrected chi connectivity index (χ2v) is 6.93. The number of carbonyl (C=O) groups is 3. The van der Waals surface area contributed by atoms with Crippen LogP contribution in [0.15, 0.2) is 18.2 Å². The van der Waals surface area contributed by atoms with Crippen LogP contribution >= 0.6 is 0 Å². The average molecular weight is 378 g/mol. The van der Waals surface area contributed by atoms with Crippen molar-refractivity contribution in [1.29, 1.82) is 0 Å². The fourth-order valence-electron chi connectivity index (χ4n) is 3.10. The monoisotopic (exact) mass is 378 g/mol. The average Bonchev–Trinajstić information content (AvgIpc) is 3.09. The maximum atomic E-state index is 12.5. The van der Waals surface area contributed by atoms with Gasteiger partial charge >= 0.3 is 5.97 Å². The van der Waals surface area contributed by atoms with Crippen molar-refractivity contribution in [3.63, 3.8) is 0 Å². The number of benzene rings is 1. The van der Waals surface area contributed by atoms with Gasteiger partial charge in [0, 0.05) is 11.6 Å². The molecule has 8 nitrogen and oxygen atoms in total. The van der Waals surface area contributed by atoms with E-state index in [4.69, 9.17) is 9.47 Å². The van der Waals surface area contributed by atoms with Gasteiger partial charge in [-0.3, -0.25) is 9.59 Å². The van der Waals surface area contributed by atoms with Crippen molar-refractivity contribution in [2.45, 2.75) is 51.1 Å². The molecule has 148 valence electrons. The van der Waals surface area contributed by atoms with Gasteiger partial charge in [0.15, 0.2) is 18.1 Å². The van der Waals surface area contributed by atoms with Crippen LogP contribution in [-0.2, 0) is 9.59 Å². The summed E-state index contributed by atoms with van der Waals surface area (Å²) in [4.78, 5) is 35.8. The molecule has 1 aromatic rings. The molecule has 2 amide bonds. The van der Waals surface area contributed by atoms with Gasteiger partial charge in [0.05, 0.1) is 7.11 Å². The number of nitrogens with one attached hydrogen (secondary N) is 2. The standard InChI is InChI=1S/C19H26N2O6/c1-12(2)20-16(22)11-27-14-7-6-13(10-15(14)26-3)17(23)21-19(18(24)25)8-4-5-9-19/h6-7,10,12H,4-5,8-9,11H2,1-3H3,(H,20,22)(H,21,23)(H,24,25). The van der Waals surface area contributed by atoms with Crippen molar-refractivity contribution >= 4 is 17.8 Å². The lowest BCUT2D eigenvalue weighted by atomic mass is 9.97. The molecule has 0 aromatic heterocycles. The summed E-state index contributed by atoms with van der Waals surface area (Å²) in [5, 5.41) is 14.9. The number of amides is 2. The van der Waals surface area contributed by atoms with Crippen molar-refractivity contribution in [1.82, 2.24) is 10.6 Å². The topological polar surface area (TPSA) is 114 Å². The Kier molecular flexibility index (Phi) is 6.65. The first-order valence-corrected chi connectivity index (χ1v) is 8.93. The highest BCUT2D eigenvalue weighted by Crippen LogP contribution is 2.32. The number of carboxylic acids is 1. The second kappa shape index (κ2) is 8.75. The third-order valence-electron chi connectivity index (χ3n) is 4.45. The highest BCUT2D eigenvalue weighted by atomic mass is 16.5. The van der Waals surface area contributed by atoms with E-state index in [1.165, 1.54) is 25.3 Å². The van der Waals surface area contributed by atoms with E-state index in [1.807, 2.05) is 13.8 Å². The zero-order valence-electron chi connectivity index (χ0n) is 15.8. The minimum absolute atomic E-state index is 0.00575. The molecule has 1 saturated carbocycles. The highest BCUT2D eigenvalue weighted by molar-refractivity contribution is 5.98. The molecule has 0 unspecified atom stereocenters. The maximum absolute atomic E-state index is 12.5. The Morgan fingerprint density at radius 1 is 1.19 bits per heavy atom. The molecule has 1 fully saturated rings. The molecule has 0 saturated heterocycles. The molecule has 0 heterocycles. The number of rotatable bonds is 8. The summed E-state index contributed by atoms with van der Waals surface area (Å²) in [6.07, 6.45) is 2.36. The SMILES string of the molecule is COc1cc(C(=O)NC2(C(=O)O)CCCC2)ccc1OCC(=O)NC(C)C. The van der Waals surface area contributed by atoms with Crippen molar-refractivity contribution in [3.8, 4) is 11.5 Å². The van der Waals surface area contributed by atoms with E-state index in [2.05, 4.69) is 10.6 Å². The number of carbonyl (C=O) groups excluding carboxylic acids is 2. The Labute approximate surface area is 158 Å². The van der Waals surface area contributed by atoms with E-state index in [0.717, 1.165) is 12.8 Å². The predicted octanol–water partition coefficient (Wildman–Crippen LogP) is 1.73. The molecule has 2 rings (SSSR count). The molecule has 27 heavy (non-hydrogen) atoms. The Morgan fingerprint density at radius 3 is 2.41 bits per heavy atom. The largest absolute Gasteiger partial charge is 0.493 e. The van der Waals surface area contributed by atoms with Gasteiger partial charge in [-0.1, -0.05) is 12.8 Å². The zero-order chi connectivity index (χ0) is 20.0. The Bertz CT molecular complexity index is 710. The van der Waals surface area contributed by atoms with E-state index >= 15 is 0 Å². The number of hydrogen-bond donors (Lipinski definition) is 3. The summed E-state index contributed by atoms with van der Waals surface area (Å²) in [6.45, 7) is 3.52. The van der Waals surface area contributed by atoms with Crippen molar-refractivity contribution in [2.75, 3.05) is 13.7 Å². The summed E-state index contributed by atoms with van der Waals surface area (Å²) >= 11 is 0. The van der Waals surface area contributed by atoms with Crippen molar-refractivity contribution in [2.24, 2.45) is 0 Å². The zero-order valence-corrected chi connectivity index (χ0v) is 15.8. The van der Waals surface area contributed by atoms with Crippen LogP contribution in [0.3, 0.4) is 0 Å². The van der Waals surface area contributed by atoms with E-state index in [0.29, 0.717) is 18.6 Å². The fourth-order valence-corrected chi connectivity index (χ4v) is 3.10. The molecule has 0 spiro atoms. The normalized spacial score (nSPS) is 15.3. The van der Waals surface area contributed by atoms with Crippen LogP contribution in [0.25, 0.3) is 0 Å². The molecule has 3 N–H and O–H groups in total. The highest BCUT2D eigenvalue weighted by Gasteiger charge is 2.42. The van der Waals surface area contributed by atoms with Gasteiger partial charge in [-0.15, -0.1) is 0 Å². The number of ether oxygens (including phenoxy) is 2. The predicted molar refractivity (Wildman–Crippen MR) is 98.1 cm³/mol. The lowest BCUT2D eigenvalue weighted by Gasteiger charge is -2.25. The lowest BCUT2D eigenvalue weighted by Crippen LogP contribution is -2.52. The molecular formula is C19H26N2O6. The molecule has 1 aromatic carbocycles. The first-order chi connectivity index (χ1) is 12.8. The van der Waals surface area contributed by atoms with Crippen LogP contribution in [-0.4, -0.2) is 48.2 Å². The van der Waals surface area contributed by atoms with Gasteiger partial charge in [-0.05, 0) is 44.9 Å². The van der Waals surface area contributed by atoms with E-state index in [1.54, 1.807) is 0 Å². The molecule has 0 atom stereocenters. The molecule has 0 aliphatic heterocycles. The van der Waals surface area contributed by atoms with Crippen LogP contribution < -0.4 is 20.1 Å². The Morgan fingerprint density at radius 2 is 1.85 bits per heavy atom. The third kappa shape index (κ3) is 5.12. The Balaban J connectivity index is 2.09. The number of hydrogen-bond acceptors (Lipinski definition) is 5. The quantitative estimate of drug-likeness (QED) is 0.635. The third-order valence-corrected chi connectivity index (χ3v) is 4.45. The van der Waals surface area contributed by atoms with Crippen LogP contribution in [0.2, 0.25) is 0 Å². The van der Waals surface area contributed by atoms with Gasteiger partial charge in [0.1, 0.15) is 5.54 Å². The van der Waals surface area contributed by atoms with Gasteiger partial charge < -0.3 is 25.2 Å². The van der Waals surface area contributed by atoms with Crippen LogP contribution in [0.5, 0.6) is 11.5 Å². The number of carboxylic acid groups (broad SMARTS) is 1. The second-order valence-electron chi connectivity index (χ2n) is 6.93. The van der Waals surface area contributed by atoms with Gasteiger partial charge in [-0.25, -0.2) is 4.79 Å². The van der Waals surface area contributed by atoms with Crippen LogP contribution in [0.4, 0.5) is 0 Å². The lowest BCUT2D eigenvalue weighted by molar-refractivity contribution is -0.144. The van der Waals surface area contributed by atoms with E-state index < -0.39 is 17.4 Å². The molecule has 8 heteroatoms. The minimum Gasteiger partial charge on any atom is -0.493 e. The first kappa shape index (κ1) is 20.5. The summed E-state index contributed by atoms with van der Waals surface area (Å²) in [6, 6.07) is 4.51. The van der Waals surface area contributed by atoms with Crippen LogP contribution in [0.1, 0.15) is 49.9 Å². The molecular weight excluding hydrogens is 352 g/mol. The van der Waals surface area contributed by atoms with Crippen molar-refractivity contribution in [3.05, 3.63) is 23.8 Å². The van der Waals surface area contributed by atoms with Gasteiger partial charge in [-0.2, -0.15) is 0 Å². The molecule has 0 radical (unpaired) electrons. The summed E-state index contributed by atoms with van der Waals surface area (Å²) < 4.78 is 10.7. The van der Waals surface area contributed by atoms with Crippen LogP contribution in [0, 0.1) is 0 Å². The molecule has 0 bridgehead atoms. The van der Waals surface area contributed by atoms with E-state index in [-0.39, 0.29) is 29.9 Å². The minimum atomic E-state index is -1.21. The van der Waals surface area contributed by atoms with E-state index in [9.17, 15) is 19.5 Å². The van der Waals surface area contributed by atoms with Gasteiger partial charge in [0.25, 0.3) is 11.8 Å². The molecule has 1 aliphatic carbocycles. The number of methoxy groups -OCH3 is 1. The van der Waals surface area contributed by atoms with Crippen molar-refractivity contribution < 1.29 is 29.0 Å². The molecule has 1 aliphatic rings. The summed E-state index contributed by atoms with van der Waals surface area (Å²) in [7, 11) is 1.42. The summed E-state index contributed by atoms with van der Waals surface area (Å²) in [5.74, 6) is -1.16. The first-order valence-electron chi connectivity index (χ1n) is 8.93. The summed E-state index contributed by atoms with van der Waals surface area (Å²) in [5.41, 5.74) is -0.951. The van der Waals surface area contributed by atoms with Gasteiger partial charge in [0.2, 0.25) is 0 Å². The fraction of sp³-hybridized carbons (Fsp3) is 0.526. The maximum Gasteiger partial charge on any atom is 0.329 e. The smallest absolute Gasteiger partial charge is 0.329 e.